The zero-order valence-electron chi connectivity index (χ0n) is 40.5. The highest BCUT2D eigenvalue weighted by Crippen LogP contribution is 2.33. The van der Waals surface area contributed by atoms with E-state index in [9.17, 15) is 48.8 Å². The number of alkyl halides is 1. The van der Waals surface area contributed by atoms with E-state index in [0.717, 1.165) is 11.3 Å². The molecule has 1 aliphatic carbocycles. The average Bonchev–Trinajstić information content (AvgIpc) is 3.12. The lowest BCUT2D eigenvalue weighted by atomic mass is 9.83. The molecule has 1 saturated carbocycles. The van der Waals surface area contributed by atoms with Gasteiger partial charge in [0.15, 0.2) is 12.6 Å². The maximum atomic E-state index is 13.8. The topological polar surface area (TPSA) is 291 Å². The minimum Gasteiger partial charge on any atom is -0.444 e. The number of amides is 5. The second kappa shape index (κ2) is 23.0. The van der Waals surface area contributed by atoms with Crippen molar-refractivity contribution in [2.24, 2.45) is 0 Å². The standard InChI is InChI=1S/C43H75FN5O17/c1-39(2,3)63-35(54)45-20-28(51)32(53)46-25-18-26(48-37(56)65-41(7,8)9)31(29(52)30(25)62-34-27(50)19-43(13,58)22-59-34)61-33-24(47-36(55)64-40(4,5)6)15-14-23(60-33)21-49(17-16-44)38(57)66-42(10,11)12/h19,23-31,33-34,50-52,58H,14-18,20-22H2,1-13H3,(H,45,54)(H,46,53)(H,47,55)(H,48,56)/t23-,24+,25+,26-,27+,28-,29+,30-,31+,33+,34+,43+/m0/s1. The van der Waals surface area contributed by atoms with Crippen molar-refractivity contribution in [1.29, 1.82) is 0 Å². The highest BCUT2D eigenvalue weighted by molar-refractivity contribution is 5.82. The van der Waals surface area contributed by atoms with Crippen LogP contribution in [-0.4, -0.2) is 184 Å². The van der Waals surface area contributed by atoms with Crippen molar-refractivity contribution in [2.75, 3.05) is 32.9 Å². The van der Waals surface area contributed by atoms with Crippen molar-refractivity contribution < 1.29 is 86.7 Å². The summed E-state index contributed by atoms with van der Waals surface area (Å²) in [6.45, 7) is 18.7. The summed E-state index contributed by atoms with van der Waals surface area (Å²) in [6.07, 6.45) is -14.7. The van der Waals surface area contributed by atoms with Crippen LogP contribution in [0, 0.1) is 6.42 Å². The molecule has 381 valence electrons. The quantitative estimate of drug-likeness (QED) is 0.116. The van der Waals surface area contributed by atoms with E-state index in [1.54, 1.807) is 83.1 Å². The molecule has 0 bridgehead atoms. The number of nitrogens with one attached hydrogen (secondary N) is 4. The first-order valence-corrected chi connectivity index (χ1v) is 22.1. The Labute approximate surface area is 386 Å². The highest BCUT2D eigenvalue weighted by atomic mass is 19.1. The summed E-state index contributed by atoms with van der Waals surface area (Å²) < 4.78 is 60.3. The van der Waals surface area contributed by atoms with Crippen LogP contribution in [0.3, 0.4) is 0 Å². The second-order valence-electron chi connectivity index (χ2n) is 21.0. The maximum Gasteiger partial charge on any atom is 0.410 e. The van der Waals surface area contributed by atoms with Crippen LogP contribution in [-0.2, 0) is 42.7 Å². The summed E-state index contributed by atoms with van der Waals surface area (Å²) in [5, 5.41) is 55.0. The molecule has 5 amide bonds. The van der Waals surface area contributed by atoms with Gasteiger partial charge in [0, 0.05) is 6.42 Å². The fourth-order valence-corrected chi connectivity index (χ4v) is 7.08. The van der Waals surface area contributed by atoms with E-state index < -0.39 is 139 Å². The molecule has 0 aromatic rings. The molecular formula is C43H75FN5O17. The summed E-state index contributed by atoms with van der Waals surface area (Å²) in [7, 11) is 0. The van der Waals surface area contributed by atoms with Gasteiger partial charge in [0.2, 0.25) is 0 Å². The number of alkyl carbamates (subject to hydrolysis) is 3. The Morgan fingerprint density at radius 1 is 0.758 bits per heavy atom. The SMILES string of the molecule is CC(C)(C)OC(=O)NC[C@H](O)C(=O)N[C@@H]1C[C@H](NC(=O)OC(C)(C)C)[C@@H](O[C@H]2O[C@H](CN(CCF)C(=O)OC(C)(C)C)CC[C@H]2NC(=O)OC(C)(C)C)[C@H](O)[C@H]1O[C@H]1OC[C@](C)(O)[CH][C@H]1O. The van der Waals surface area contributed by atoms with Crippen LogP contribution in [0.2, 0.25) is 0 Å². The number of ether oxygens (including phenoxy) is 8. The fourth-order valence-electron chi connectivity index (χ4n) is 7.08. The molecule has 8 N–H and O–H groups in total. The van der Waals surface area contributed by atoms with E-state index in [2.05, 4.69) is 21.3 Å². The Morgan fingerprint density at radius 3 is 1.77 bits per heavy atom. The minimum absolute atomic E-state index is 0.144. The first-order chi connectivity index (χ1) is 30.1. The molecule has 0 aromatic carbocycles. The van der Waals surface area contributed by atoms with Gasteiger partial charge in [-0.25, -0.2) is 23.6 Å². The zero-order valence-corrected chi connectivity index (χ0v) is 40.5. The van der Waals surface area contributed by atoms with E-state index in [-0.39, 0.29) is 39.0 Å². The molecule has 66 heavy (non-hydrogen) atoms. The molecule has 1 radical (unpaired) electrons. The van der Waals surface area contributed by atoms with Crippen molar-refractivity contribution in [3.63, 3.8) is 0 Å². The Bertz CT molecular complexity index is 1630. The van der Waals surface area contributed by atoms with Crippen LogP contribution in [0.5, 0.6) is 0 Å². The van der Waals surface area contributed by atoms with Gasteiger partial charge < -0.3 is 84.5 Å². The third kappa shape index (κ3) is 19.4. The number of hydrogen-bond donors (Lipinski definition) is 8. The molecule has 3 fully saturated rings. The molecule has 2 aliphatic heterocycles. The van der Waals surface area contributed by atoms with Gasteiger partial charge in [0.25, 0.3) is 5.91 Å². The smallest absolute Gasteiger partial charge is 0.410 e. The number of nitrogens with zero attached hydrogens (tertiary/aromatic N) is 1. The first kappa shape index (κ1) is 56.5. The van der Waals surface area contributed by atoms with Gasteiger partial charge in [-0.15, -0.1) is 0 Å². The average molecular weight is 953 g/mol. The molecule has 2 saturated heterocycles. The van der Waals surface area contributed by atoms with Gasteiger partial charge in [-0.2, -0.15) is 0 Å². The van der Waals surface area contributed by atoms with Gasteiger partial charge in [-0.3, -0.25) is 4.79 Å². The molecule has 0 aromatic heterocycles. The Kier molecular flexibility index (Phi) is 19.7. The lowest BCUT2D eigenvalue weighted by Crippen LogP contribution is -2.69. The lowest BCUT2D eigenvalue weighted by molar-refractivity contribution is -0.294. The molecule has 3 aliphatic rings. The van der Waals surface area contributed by atoms with E-state index in [0.29, 0.717) is 0 Å². The molecular weight excluding hydrogens is 877 g/mol. The highest BCUT2D eigenvalue weighted by Gasteiger charge is 2.52. The largest absolute Gasteiger partial charge is 0.444 e. The normalized spacial score (nSPS) is 30.2. The van der Waals surface area contributed by atoms with Gasteiger partial charge in [0.05, 0.1) is 56.1 Å². The van der Waals surface area contributed by atoms with Gasteiger partial charge in [-0.05, 0) is 109 Å². The third-order valence-electron chi connectivity index (χ3n) is 9.66. The van der Waals surface area contributed by atoms with Crippen LogP contribution in [0.25, 0.3) is 0 Å². The van der Waals surface area contributed by atoms with E-state index in [4.69, 9.17) is 37.9 Å². The zero-order chi connectivity index (χ0) is 50.2. The van der Waals surface area contributed by atoms with Crippen molar-refractivity contribution >= 4 is 30.3 Å². The predicted molar refractivity (Wildman–Crippen MR) is 231 cm³/mol. The second-order valence-corrected chi connectivity index (χ2v) is 21.0. The molecule has 23 heteroatoms. The van der Waals surface area contributed by atoms with E-state index in [1.165, 1.54) is 6.92 Å². The third-order valence-corrected chi connectivity index (χ3v) is 9.66. The van der Waals surface area contributed by atoms with Crippen LogP contribution < -0.4 is 21.3 Å². The summed E-state index contributed by atoms with van der Waals surface area (Å²) in [6, 6.07) is -3.59. The summed E-state index contributed by atoms with van der Waals surface area (Å²) in [5.41, 5.74) is -5.27. The van der Waals surface area contributed by atoms with Crippen LogP contribution >= 0.6 is 0 Å². The number of carbonyl (C=O) groups is 5. The molecule has 12 atom stereocenters. The maximum absolute atomic E-state index is 13.8. The fraction of sp³-hybridized carbons (Fsp3) is 0.860. The van der Waals surface area contributed by atoms with Crippen LogP contribution in [0.4, 0.5) is 23.6 Å². The summed E-state index contributed by atoms with van der Waals surface area (Å²) >= 11 is 0. The van der Waals surface area contributed by atoms with Crippen molar-refractivity contribution in [1.82, 2.24) is 26.2 Å². The number of carbonyl (C=O) groups excluding carboxylic acids is 5. The predicted octanol–water partition coefficient (Wildman–Crippen LogP) is 2.06. The number of aliphatic hydroxyl groups excluding tert-OH is 3. The molecule has 0 spiro atoms. The Morgan fingerprint density at radius 2 is 1.26 bits per heavy atom. The number of halogens is 1. The molecule has 22 nitrogen and oxygen atoms in total. The molecule has 3 rings (SSSR count). The number of aliphatic hydroxyl groups is 4. The van der Waals surface area contributed by atoms with Crippen LogP contribution in [0.15, 0.2) is 0 Å². The van der Waals surface area contributed by atoms with Gasteiger partial charge in [0.1, 0.15) is 59.6 Å². The monoisotopic (exact) mass is 953 g/mol. The van der Waals surface area contributed by atoms with Gasteiger partial charge >= 0.3 is 24.4 Å². The minimum atomic E-state index is -1.88. The van der Waals surface area contributed by atoms with Crippen molar-refractivity contribution in [2.45, 2.75) is 205 Å². The van der Waals surface area contributed by atoms with E-state index >= 15 is 0 Å². The molecule has 0 unspecified atom stereocenters. The summed E-state index contributed by atoms with van der Waals surface area (Å²) in [5.74, 6) is -1.05. The number of rotatable bonds is 14. The number of hydrogen-bond acceptors (Lipinski definition) is 17. The molecule has 2 heterocycles. The first-order valence-electron chi connectivity index (χ1n) is 22.1. The van der Waals surface area contributed by atoms with Crippen molar-refractivity contribution in [3.8, 4) is 0 Å². The Balaban J connectivity index is 2.07. The van der Waals surface area contributed by atoms with Gasteiger partial charge in [-0.1, -0.05) is 0 Å². The van der Waals surface area contributed by atoms with E-state index in [1.807, 2.05) is 0 Å². The van der Waals surface area contributed by atoms with Crippen molar-refractivity contribution in [3.05, 3.63) is 6.42 Å². The van der Waals surface area contributed by atoms with Crippen LogP contribution in [0.1, 0.15) is 109 Å². The lowest BCUT2D eigenvalue weighted by Gasteiger charge is -2.48. The summed E-state index contributed by atoms with van der Waals surface area (Å²) in [4.78, 5) is 66.8. The Hall–Kier alpha value is -3.84.